The normalized spacial score (nSPS) is 20.2. The lowest BCUT2D eigenvalue weighted by atomic mass is 9.94. The first-order valence-electron chi connectivity index (χ1n) is 7.88. The van der Waals surface area contributed by atoms with Crippen molar-refractivity contribution in [2.24, 2.45) is 13.0 Å². The molecule has 3 amide bonds. The molecule has 126 valence electrons. The molecule has 0 spiro atoms. The molecule has 0 saturated carbocycles. The largest absolute Gasteiger partial charge is 0.338 e. The Morgan fingerprint density at radius 1 is 1.29 bits per heavy atom. The van der Waals surface area contributed by atoms with Crippen molar-refractivity contribution < 1.29 is 9.59 Å². The molecule has 7 heteroatoms. The van der Waals surface area contributed by atoms with E-state index in [0.29, 0.717) is 18.7 Å². The molecule has 1 aromatic heterocycles. The minimum atomic E-state index is -0.295. The number of carbonyl (C=O) groups is 2. The third-order valence-corrected chi connectivity index (χ3v) is 4.32. The summed E-state index contributed by atoms with van der Waals surface area (Å²) < 4.78 is 1.62. The predicted octanol–water partition coefficient (Wildman–Crippen LogP) is 1.76. The second kappa shape index (κ2) is 6.74. The molecular weight excluding hydrogens is 306 g/mol. The SMILES string of the molecule is CN1C(=O)C[C@@H](CNC(=O)Nc2cnn(C)c2)[C@@H]1c1ccccc1. The smallest absolute Gasteiger partial charge is 0.319 e. The van der Waals surface area contributed by atoms with Crippen LogP contribution in [0.4, 0.5) is 10.5 Å². The van der Waals surface area contributed by atoms with Crippen LogP contribution in [-0.2, 0) is 11.8 Å². The van der Waals surface area contributed by atoms with E-state index in [-0.39, 0.29) is 23.9 Å². The minimum Gasteiger partial charge on any atom is -0.338 e. The van der Waals surface area contributed by atoms with Gasteiger partial charge in [-0.05, 0) is 5.56 Å². The molecule has 0 radical (unpaired) electrons. The summed E-state index contributed by atoms with van der Waals surface area (Å²) in [5.41, 5.74) is 1.72. The molecule has 0 aliphatic carbocycles. The van der Waals surface area contributed by atoms with Gasteiger partial charge in [0, 0.05) is 39.2 Å². The summed E-state index contributed by atoms with van der Waals surface area (Å²) in [7, 11) is 3.60. The number of likely N-dealkylation sites (tertiary alicyclic amines) is 1. The molecule has 2 aromatic rings. The molecule has 0 bridgehead atoms. The Morgan fingerprint density at radius 2 is 2.04 bits per heavy atom. The monoisotopic (exact) mass is 327 g/mol. The highest BCUT2D eigenvalue weighted by atomic mass is 16.2. The Labute approximate surface area is 140 Å². The Kier molecular flexibility index (Phi) is 4.50. The third-order valence-electron chi connectivity index (χ3n) is 4.32. The Balaban J connectivity index is 1.62. The van der Waals surface area contributed by atoms with Crippen LogP contribution >= 0.6 is 0 Å². The zero-order valence-corrected chi connectivity index (χ0v) is 13.8. The summed E-state index contributed by atoms with van der Waals surface area (Å²) >= 11 is 0. The van der Waals surface area contributed by atoms with Gasteiger partial charge in [0.15, 0.2) is 0 Å². The van der Waals surface area contributed by atoms with Gasteiger partial charge in [-0.15, -0.1) is 0 Å². The van der Waals surface area contributed by atoms with Crippen molar-refractivity contribution in [1.29, 1.82) is 0 Å². The number of amides is 3. The zero-order valence-electron chi connectivity index (χ0n) is 13.8. The van der Waals surface area contributed by atoms with Crippen LogP contribution in [0.5, 0.6) is 0 Å². The van der Waals surface area contributed by atoms with Crippen LogP contribution in [0.2, 0.25) is 0 Å². The molecule has 3 rings (SSSR count). The molecule has 2 N–H and O–H groups in total. The second-order valence-corrected chi connectivity index (χ2v) is 6.06. The molecule has 2 heterocycles. The zero-order chi connectivity index (χ0) is 17.1. The van der Waals surface area contributed by atoms with Gasteiger partial charge >= 0.3 is 6.03 Å². The van der Waals surface area contributed by atoms with Gasteiger partial charge < -0.3 is 15.5 Å². The van der Waals surface area contributed by atoms with Crippen molar-refractivity contribution in [3.05, 3.63) is 48.3 Å². The molecule has 24 heavy (non-hydrogen) atoms. The molecule has 0 unspecified atom stereocenters. The first-order valence-corrected chi connectivity index (χ1v) is 7.88. The van der Waals surface area contributed by atoms with Crippen LogP contribution in [0.15, 0.2) is 42.7 Å². The number of nitrogens with zero attached hydrogens (tertiary/aromatic N) is 3. The first-order chi connectivity index (χ1) is 11.5. The van der Waals surface area contributed by atoms with Gasteiger partial charge in [-0.25, -0.2) is 4.79 Å². The number of rotatable bonds is 4. The summed E-state index contributed by atoms with van der Waals surface area (Å²) in [4.78, 5) is 25.9. The van der Waals surface area contributed by atoms with Gasteiger partial charge in [0.05, 0.1) is 17.9 Å². The van der Waals surface area contributed by atoms with Gasteiger partial charge in [0.2, 0.25) is 5.91 Å². The molecule has 1 aliphatic rings. The lowest BCUT2D eigenvalue weighted by Crippen LogP contribution is -2.35. The van der Waals surface area contributed by atoms with Crippen LogP contribution in [0, 0.1) is 5.92 Å². The number of nitrogens with one attached hydrogen (secondary N) is 2. The molecule has 1 aliphatic heterocycles. The summed E-state index contributed by atoms with van der Waals surface area (Å²) in [6.45, 7) is 0.432. The van der Waals surface area contributed by atoms with E-state index in [9.17, 15) is 9.59 Å². The van der Waals surface area contributed by atoms with E-state index in [1.807, 2.05) is 37.4 Å². The minimum absolute atomic E-state index is 0.0163. The highest BCUT2D eigenvalue weighted by Crippen LogP contribution is 2.36. The van der Waals surface area contributed by atoms with E-state index >= 15 is 0 Å². The van der Waals surface area contributed by atoms with Crippen molar-refractivity contribution in [1.82, 2.24) is 20.0 Å². The Bertz CT molecular complexity index is 728. The molecule has 1 saturated heterocycles. The Morgan fingerprint density at radius 3 is 2.71 bits per heavy atom. The van der Waals surface area contributed by atoms with Crippen molar-refractivity contribution in [2.75, 3.05) is 18.9 Å². The Hall–Kier alpha value is -2.83. The van der Waals surface area contributed by atoms with E-state index in [1.54, 1.807) is 29.0 Å². The van der Waals surface area contributed by atoms with E-state index in [0.717, 1.165) is 5.56 Å². The van der Waals surface area contributed by atoms with Gasteiger partial charge in [-0.3, -0.25) is 9.48 Å². The van der Waals surface area contributed by atoms with Crippen LogP contribution < -0.4 is 10.6 Å². The van der Waals surface area contributed by atoms with Crippen LogP contribution in [-0.4, -0.2) is 40.2 Å². The second-order valence-electron chi connectivity index (χ2n) is 6.06. The fraction of sp³-hybridized carbons (Fsp3) is 0.353. The number of hydrogen-bond donors (Lipinski definition) is 2. The molecule has 7 nitrogen and oxygen atoms in total. The molecule has 1 fully saturated rings. The quantitative estimate of drug-likeness (QED) is 0.898. The van der Waals surface area contributed by atoms with E-state index in [1.165, 1.54) is 0 Å². The van der Waals surface area contributed by atoms with Crippen molar-refractivity contribution >= 4 is 17.6 Å². The summed E-state index contributed by atoms with van der Waals surface area (Å²) in [6.07, 6.45) is 3.74. The molecule has 2 atom stereocenters. The summed E-state index contributed by atoms with van der Waals surface area (Å²) in [6, 6.07) is 9.60. The lowest BCUT2D eigenvalue weighted by molar-refractivity contribution is -0.127. The van der Waals surface area contributed by atoms with Crippen molar-refractivity contribution in [2.45, 2.75) is 12.5 Å². The predicted molar refractivity (Wildman–Crippen MR) is 90.3 cm³/mol. The topological polar surface area (TPSA) is 79.3 Å². The van der Waals surface area contributed by atoms with Crippen molar-refractivity contribution in [3.63, 3.8) is 0 Å². The van der Waals surface area contributed by atoms with E-state index in [2.05, 4.69) is 15.7 Å². The van der Waals surface area contributed by atoms with Gasteiger partial charge in [-0.2, -0.15) is 5.10 Å². The highest BCUT2D eigenvalue weighted by molar-refractivity contribution is 5.89. The maximum Gasteiger partial charge on any atom is 0.319 e. The average molecular weight is 327 g/mol. The van der Waals surface area contributed by atoms with Gasteiger partial charge in [0.25, 0.3) is 0 Å². The first kappa shape index (κ1) is 16.0. The van der Waals surface area contributed by atoms with Crippen LogP contribution in [0.1, 0.15) is 18.0 Å². The van der Waals surface area contributed by atoms with E-state index < -0.39 is 0 Å². The summed E-state index contributed by atoms with van der Waals surface area (Å²) in [5.74, 6) is 0.146. The third kappa shape index (κ3) is 3.40. The standard InChI is InChI=1S/C17H21N5O2/c1-21-11-14(10-19-21)20-17(24)18-9-13-8-15(23)22(2)16(13)12-6-4-3-5-7-12/h3-7,10-11,13,16H,8-9H2,1-2H3,(H2,18,20,24)/t13-,16-/m0/s1. The fourth-order valence-corrected chi connectivity index (χ4v) is 3.17. The molecular formula is C17H21N5O2. The number of urea groups is 1. The molecule has 1 aromatic carbocycles. The number of anilines is 1. The van der Waals surface area contributed by atoms with Crippen LogP contribution in [0.25, 0.3) is 0 Å². The fourth-order valence-electron chi connectivity index (χ4n) is 3.17. The van der Waals surface area contributed by atoms with Crippen molar-refractivity contribution in [3.8, 4) is 0 Å². The van der Waals surface area contributed by atoms with Crippen LogP contribution in [0.3, 0.4) is 0 Å². The maximum absolute atomic E-state index is 12.1. The maximum atomic E-state index is 12.1. The number of aryl methyl sites for hydroxylation is 1. The lowest BCUT2D eigenvalue weighted by Gasteiger charge is -2.25. The van der Waals surface area contributed by atoms with E-state index in [4.69, 9.17) is 0 Å². The number of benzene rings is 1. The number of hydrogen-bond acceptors (Lipinski definition) is 3. The summed E-state index contributed by atoms with van der Waals surface area (Å²) in [5, 5.41) is 9.59. The highest BCUT2D eigenvalue weighted by Gasteiger charge is 2.38. The number of aromatic nitrogens is 2. The van der Waals surface area contributed by atoms with Gasteiger partial charge in [0.1, 0.15) is 0 Å². The van der Waals surface area contributed by atoms with Gasteiger partial charge in [-0.1, -0.05) is 30.3 Å². The number of carbonyl (C=O) groups excluding carboxylic acids is 2. The average Bonchev–Trinajstić information content (AvgIpc) is 3.10.